The molecule has 7 nitrogen and oxygen atoms in total. The zero-order valence-electron chi connectivity index (χ0n) is 17.4. The molecule has 0 aliphatic heterocycles. The summed E-state index contributed by atoms with van der Waals surface area (Å²) in [6, 6.07) is 10.6. The number of carbonyl (C=O) groups is 2. The number of carbonyl (C=O) groups excluding carboxylic acids is 2. The van der Waals surface area contributed by atoms with Crippen molar-refractivity contribution in [1.82, 2.24) is 5.32 Å². The van der Waals surface area contributed by atoms with E-state index >= 15 is 0 Å². The number of rotatable bonds is 7. The molecule has 8 heteroatoms. The van der Waals surface area contributed by atoms with Gasteiger partial charge in [-0.05, 0) is 51.2 Å². The third-order valence-electron chi connectivity index (χ3n) is 5.26. The van der Waals surface area contributed by atoms with Gasteiger partial charge in [0, 0.05) is 12.0 Å². The van der Waals surface area contributed by atoms with Crippen LogP contribution in [0.2, 0.25) is 0 Å². The Bertz CT molecular complexity index is 1010. The van der Waals surface area contributed by atoms with Gasteiger partial charge < -0.3 is 26.0 Å². The first-order chi connectivity index (χ1) is 14.7. The molecule has 2 amide bonds. The fourth-order valence-electron chi connectivity index (χ4n) is 3.62. The molecule has 0 bridgehead atoms. The van der Waals surface area contributed by atoms with E-state index in [4.69, 9.17) is 10.5 Å². The molecule has 4 unspecified atom stereocenters. The molecule has 31 heavy (non-hydrogen) atoms. The molecule has 0 fully saturated rings. The summed E-state index contributed by atoms with van der Waals surface area (Å²) < 4.78 is 6.68. The van der Waals surface area contributed by atoms with E-state index in [-0.39, 0.29) is 17.9 Å². The van der Waals surface area contributed by atoms with Crippen LogP contribution in [0.3, 0.4) is 0 Å². The summed E-state index contributed by atoms with van der Waals surface area (Å²) in [6.07, 6.45) is -1.51. The van der Waals surface area contributed by atoms with Crippen molar-refractivity contribution in [2.24, 2.45) is 11.7 Å². The highest BCUT2D eigenvalue weighted by atomic mass is 79.9. The zero-order chi connectivity index (χ0) is 22.7. The van der Waals surface area contributed by atoms with Crippen molar-refractivity contribution in [3.8, 4) is 5.75 Å². The Morgan fingerprint density at radius 2 is 1.94 bits per heavy atom. The molecule has 2 aromatic carbocycles. The Morgan fingerprint density at radius 3 is 2.61 bits per heavy atom. The van der Waals surface area contributed by atoms with Crippen LogP contribution in [-0.4, -0.2) is 46.4 Å². The van der Waals surface area contributed by atoms with Crippen molar-refractivity contribution in [2.45, 2.75) is 51.0 Å². The molecular formula is C23H27BrN2O5. The summed E-state index contributed by atoms with van der Waals surface area (Å²) >= 11 is 3.54. The summed E-state index contributed by atoms with van der Waals surface area (Å²) in [5.74, 6) is -0.497. The Labute approximate surface area is 189 Å². The smallest absolute Gasteiger partial charge is 0.247 e. The van der Waals surface area contributed by atoms with Crippen LogP contribution in [-0.2, 0) is 9.59 Å². The van der Waals surface area contributed by atoms with Gasteiger partial charge >= 0.3 is 0 Å². The monoisotopic (exact) mass is 490 g/mol. The number of aliphatic hydroxyl groups is 2. The van der Waals surface area contributed by atoms with Gasteiger partial charge in [-0.1, -0.05) is 44.2 Å². The molecule has 0 heterocycles. The van der Waals surface area contributed by atoms with Crippen LogP contribution < -0.4 is 15.8 Å². The van der Waals surface area contributed by atoms with Gasteiger partial charge in [-0.3, -0.25) is 9.59 Å². The second-order valence-corrected chi connectivity index (χ2v) is 8.99. The van der Waals surface area contributed by atoms with Gasteiger partial charge in [0.15, 0.2) is 0 Å². The van der Waals surface area contributed by atoms with Crippen LogP contribution in [0.4, 0.5) is 0 Å². The number of benzene rings is 2. The number of fused-ring (bicyclic) bond motifs is 1. The van der Waals surface area contributed by atoms with Gasteiger partial charge in [-0.25, -0.2) is 0 Å². The molecule has 0 aromatic heterocycles. The quantitative estimate of drug-likeness (QED) is 0.474. The lowest BCUT2D eigenvalue weighted by atomic mass is 9.91. The third kappa shape index (κ3) is 5.44. The van der Waals surface area contributed by atoms with E-state index in [1.165, 1.54) is 6.08 Å². The first kappa shape index (κ1) is 23.2. The molecule has 4 atom stereocenters. The number of primary amides is 1. The molecule has 3 rings (SSSR count). The topological polar surface area (TPSA) is 122 Å². The van der Waals surface area contributed by atoms with E-state index in [1.807, 2.05) is 44.2 Å². The molecule has 0 saturated heterocycles. The lowest BCUT2D eigenvalue weighted by Crippen LogP contribution is -2.49. The van der Waals surface area contributed by atoms with E-state index in [2.05, 4.69) is 21.2 Å². The van der Waals surface area contributed by atoms with Crippen molar-refractivity contribution >= 4 is 38.5 Å². The molecule has 1 aliphatic rings. The number of hydrogen-bond donors (Lipinski definition) is 4. The molecule has 0 saturated carbocycles. The fraction of sp³-hybridized carbons (Fsp3) is 0.391. The van der Waals surface area contributed by atoms with E-state index in [1.54, 1.807) is 6.07 Å². The minimum atomic E-state index is -1.21. The van der Waals surface area contributed by atoms with E-state index in [0.717, 1.165) is 10.8 Å². The highest BCUT2D eigenvalue weighted by molar-refractivity contribution is 9.10. The number of ether oxygens (including phenoxy) is 1. The van der Waals surface area contributed by atoms with Gasteiger partial charge in [0.2, 0.25) is 11.8 Å². The Morgan fingerprint density at radius 1 is 1.23 bits per heavy atom. The highest BCUT2D eigenvalue weighted by Gasteiger charge is 2.35. The standard InChI is InChI=1S/C23H27BrN2O5/c1-12(2)9-16(22(25)29)26-23(30)14-10-17(27)21(28)19(11-14)31-18-8-7-13-5-3-4-6-15(13)20(18)24/h3-8,11-12,16-17,19,21,27-28H,9-10H2,1-2H3,(H2,25,29)(H,26,30). The maximum atomic E-state index is 12.7. The molecule has 2 aromatic rings. The van der Waals surface area contributed by atoms with E-state index < -0.39 is 36.2 Å². The van der Waals surface area contributed by atoms with Gasteiger partial charge in [0.05, 0.1) is 10.6 Å². The third-order valence-corrected chi connectivity index (χ3v) is 6.08. The average molecular weight is 491 g/mol. The molecule has 1 aliphatic carbocycles. The normalized spacial score (nSPS) is 22.1. The van der Waals surface area contributed by atoms with Crippen molar-refractivity contribution in [3.63, 3.8) is 0 Å². The molecule has 0 radical (unpaired) electrons. The van der Waals surface area contributed by atoms with Crippen molar-refractivity contribution in [2.75, 3.05) is 0 Å². The summed E-state index contributed by atoms with van der Waals surface area (Å²) in [7, 11) is 0. The number of nitrogens with two attached hydrogens (primary N) is 1. The van der Waals surface area contributed by atoms with Crippen molar-refractivity contribution in [1.29, 1.82) is 0 Å². The number of aliphatic hydroxyl groups excluding tert-OH is 2. The molecule has 0 spiro atoms. The number of amides is 2. The maximum Gasteiger partial charge on any atom is 0.247 e. The number of hydrogen-bond acceptors (Lipinski definition) is 5. The van der Waals surface area contributed by atoms with Crippen LogP contribution in [0.5, 0.6) is 5.75 Å². The second kappa shape index (κ2) is 9.80. The number of nitrogens with one attached hydrogen (secondary N) is 1. The van der Waals surface area contributed by atoms with Crippen LogP contribution in [0, 0.1) is 5.92 Å². The first-order valence-electron chi connectivity index (χ1n) is 10.2. The van der Waals surface area contributed by atoms with Crippen molar-refractivity contribution in [3.05, 3.63) is 52.5 Å². The van der Waals surface area contributed by atoms with Crippen LogP contribution >= 0.6 is 15.9 Å². The van der Waals surface area contributed by atoms with Gasteiger partial charge in [-0.15, -0.1) is 0 Å². The van der Waals surface area contributed by atoms with Crippen LogP contribution in [0.1, 0.15) is 26.7 Å². The van der Waals surface area contributed by atoms with Crippen LogP contribution in [0.25, 0.3) is 10.8 Å². The predicted molar refractivity (Wildman–Crippen MR) is 121 cm³/mol. The molecule has 166 valence electrons. The highest BCUT2D eigenvalue weighted by Crippen LogP contribution is 2.35. The summed E-state index contributed by atoms with van der Waals surface area (Å²) in [4.78, 5) is 24.4. The Kier molecular flexibility index (Phi) is 7.35. The first-order valence-corrected chi connectivity index (χ1v) is 11.0. The van der Waals surface area contributed by atoms with E-state index in [9.17, 15) is 19.8 Å². The molecular weight excluding hydrogens is 464 g/mol. The van der Waals surface area contributed by atoms with Crippen LogP contribution in [0.15, 0.2) is 52.5 Å². The zero-order valence-corrected chi connectivity index (χ0v) is 19.0. The van der Waals surface area contributed by atoms with Gasteiger partial charge in [0.1, 0.15) is 24.0 Å². The molecule has 5 N–H and O–H groups in total. The largest absolute Gasteiger partial charge is 0.482 e. The second-order valence-electron chi connectivity index (χ2n) is 8.19. The Balaban J connectivity index is 1.83. The van der Waals surface area contributed by atoms with E-state index in [0.29, 0.717) is 16.6 Å². The van der Waals surface area contributed by atoms with Crippen molar-refractivity contribution < 1.29 is 24.5 Å². The summed E-state index contributed by atoms with van der Waals surface area (Å²) in [5, 5.41) is 25.4. The lowest BCUT2D eigenvalue weighted by molar-refractivity contribution is -0.126. The minimum Gasteiger partial charge on any atom is -0.482 e. The summed E-state index contributed by atoms with van der Waals surface area (Å²) in [5.41, 5.74) is 5.64. The maximum absolute atomic E-state index is 12.7. The minimum absolute atomic E-state index is 0.0566. The Hall–Kier alpha value is -2.42. The fourth-order valence-corrected chi connectivity index (χ4v) is 4.21. The van der Waals surface area contributed by atoms with Gasteiger partial charge in [0.25, 0.3) is 0 Å². The SMILES string of the molecule is CC(C)CC(NC(=O)C1=CC(Oc2ccc3ccccc3c2Br)C(O)C(O)C1)C(N)=O. The summed E-state index contributed by atoms with van der Waals surface area (Å²) in [6.45, 7) is 3.85. The number of halogens is 1. The average Bonchev–Trinajstić information content (AvgIpc) is 2.72. The lowest BCUT2D eigenvalue weighted by Gasteiger charge is -2.31. The predicted octanol–water partition coefficient (Wildman–Crippen LogP) is 2.42. The van der Waals surface area contributed by atoms with Gasteiger partial charge in [-0.2, -0.15) is 0 Å².